The second-order valence-electron chi connectivity index (χ2n) is 4.48. The molecule has 1 heterocycles. The van der Waals surface area contributed by atoms with E-state index < -0.39 is 0 Å². The molecule has 0 radical (unpaired) electrons. The molecular formula is C15H17BrN2. The van der Waals surface area contributed by atoms with Crippen LogP contribution in [0.25, 0.3) is 0 Å². The molecule has 0 unspecified atom stereocenters. The lowest BCUT2D eigenvalue weighted by Crippen LogP contribution is -2.18. The molecule has 3 heteroatoms. The Morgan fingerprint density at radius 2 is 1.89 bits per heavy atom. The van der Waals surface area contributed by atoms with Crippen molar-refractivity contribution in [3.05, 3.63) is 63.9 Å². The molecule has 0 fully saturated rings. The first-order valence-corrected chi connectivity index (χ1v) is 6.85. The largest absolute Gasteiger partial charge is 0.305 e. The number of rotatable bonds is 4. The fourth-order valence-electron chi connectivity index (χ4n) is 1.74. The Labute approximate surface area is 117 Å². The van der Waals surface area contributed by atoms with Crippen LogP contribution in [-0.4, -0.2) is 4.98 Å². The third-order valence-corrected chi connectivity index (χ3v) is 3.42. The average Bonchev–Trinajstić information content (AvgIpc) is 2.38. The van der Waals surface area contributed by atoms with Crippen LogP contribution in [0.1, 0.15) is 29.8 Å². The Balaban J connectivity index is 1.93. The van der Waals surface area contributed by atoms with Gasteiger partial charge in [0.25, 0.3) is 0 Å². The zero-order chi connectivity index (χ0) is 13.0. The smallest absolute Gasteiger partial charge is 0.0542 e. The van der Waals surface area contributed by atoms with Gasteiger partial charge in [-0.05, 0) is 47.5 Å². The highest BCUT2D eigenvalue weighted by Gasteiger charge is 2.04. The lowest BCUT2D eigenvalue weighted by atomic mass is 10.1. The number of hydrogen-bond donors (Lipinski definition) is 1. The maximum Gasteiger partial charge on any atom is 0.0542 e. The van der Waals surface area contributed by atoms with E-state index in [1.165, 1.54) is 11.1 Å². The summed E-state index contributed by atoms with van der Waals surface area (Å²) in [6, 6.07) is 13.0. The first-order valence-electron chi connectivity index (χ1n) is 6.05. The van der Waals surface area contributed by atoms with Crippen molar-refractivity contribution >= 4 is 15.9 Å². The summed E-state index contributed by atoms with van der Waals surface area (Å²) in [4.78, 5) is 4.35. The van der Waals surface area contributed by atoms with Crippen LogP contribution in [0.2, 0.25) is 0 Å². The molecule has 0 spiro atoms. The highest BCUT2D eigenvalue weighted by Crippen LogP contribution is 2.14. The first-order chi connectivity index (χ1) is 8.65. The van der Waals surface area contributed by atoms with Crippen LogP contribution in [-0.2, 0) is 6.54 Å². The van der Waals surface area contributed by atoms with Gasteiger partial charge in [-0.15, -0.1) is 0 Å². The van der Waals surface area contributed by atoms with Crippen molar-refractivity contribution in [3.8, 4) is 0 Å². The maximum absolute atomic E-state index is 4.35. The number of aryl methyl sites for hydroxylation is 1. The van der Waals surface area contributed by atoms with E-state index in [0.717, 1.165) is 16.7 Å². The Bertz CT molecular complexity index is 491. The summed E-state index contributed by atoms with van der Waals surface area (Å²) in [6.07, 6.45) is 1.83. The van der Waals surface area contributed by atoms with Gasteiger partial charge in [0.05, 0.1) is 5.69 Å². The van der Waals surface area contributed by atoms with Crippen molar-refractivity contribution < 1.29 is 0 Å². The predicted octanol–water partition coefficient (Wildman–Crippen LogP) is 4.00. The normalized spacial score (nSPS) is 12.4. The molecule has 0 amide bonds. The summed E-state index contributed by atoms with van der Waals surface area (Å²) in [6.45, 7) is 5.06. The highest BCUT2D eigenvalue weighted by atomic mass is 79.9. The molecule has 1 N–H and O–H groups in total. The van der Waals surface area contributed by atoms with Gasteiger partial charge in [0.15, 0.2) is 0 Å². The number of pyridine rings is 1. The molecule has 1 atom stereocenters. The summed E-state index contributed by atoms with van der Waals surface area (Å²) in [5.74, 6) is 0. The third-order valence-electron chi connectivity index (χ3n) is 2.96. The third kappa shape index (κ3) is 3.65. The molecule has 0 saturated carbocycles. The van der Waals surface area contributed by atoms with Crippen molar-refractivity contribution in [3.63, 3.8) is 0 Å². The molecule has 94 valence electrons. The highest BCUT2D eigenvalue weighted by molar-refractivity contribution is 9.10. The minimum atomic E-state index is 0.330. The van der Waals surface area contributed by atoms with Gasteiger partial charge >= 0.3 is 0 Å². The van der Waals surface area contributed by atoms with E-state index in [9.17, 15) is 0 Å². The fraction of sp³-hybridized carbons (Fsp3) is 0.267. The summed E-state index contributed by atoms with van der Waals surface area (Å²) >= 11 is 3.39. The SMILES string of the molecule is Cc1ccc([C@@H](C)NCc2ccc(Br)cn2)cc1. The fourth-order valence-corrected chi connectivity index (χ4v) is 1.98. The molecule has 1 aromatic heterocycles. The number of halogens is 1. The van der Waals surface area contributed by atoms with Gasteiger partial charge in [-0.3, -0.25) is 4.98 Å². The van der Waals surface area contributed by atoms with Crippen LogP contribution in [0.5, 0.6) is 0 Å². The van der Waals surface area contributed by atoms with Crippen LogP contribution >= 0.6 is 15.9 Å². The van der Waals surface area contributed by atoms with Crippen molar-refractivity contribution in [2.75, 3.05) is 0 Å². The van der Waals surface area contributed by atoms with Crippen LogP contribution in [0, 0.1) is 6.92 Å². The minimum Gasteiger partial charge on any atom is -0.305 e. The Morgan fingerprint density at radius 1 is 1.17 bits per heavy atom. The van der Waals surface area contributed by atoms with Gasteiger partial charge in [-0.2, -0.15) is 0 Å². The molecule has 0 aliphatic rings. The summed E-state index contributed by atoms with van der Waals surface area (Å²) in [7, 11) is 0. The number of benzene rings is 1. The van der Waals surface area contributed by atoms with E-state index in [1.807, 2.05) is 18.3 Å². The van der Waals surface area contributed by atoms with Crippen molar-refractivity contribution in [1.82, 2.24) is 10.3 Å². The summed E-state index contributed by atoms with van der Waals surface area (Å²) in [5.41, 5.74) is 3.65. The lowest BCUT2D eigenvalue weighted by Gasteiger charge is -2.14. The standard InChI is InChI=1S/C15H17BrN2/c1-11-3-5-13(6-4-11)12(2)17-10-15-8-7-14(16)9-18-15/h3-9,12,17H,10H2,1-2H3/t12-/m1/s1. The Kier molecular flexibility index (Phi) is 4.50. The minimum absolute atomic E-state index is 0.330. The van der Waals surface area contributed by atoms with Gasteiger partial charge in [0.1, 0.15) is 0 Å². The van der Waals surface area contributed by atoms with Gasteiger partial charge in [0.2, 0.25) is 0 Å². The quantitative estimate of drug-likeness (QED) is 0.923. The summed E-state index contributed by atoms with van der Waals surface area (Å²) in [5, 5.41) is 3.48. The monoisotopic (exact) mass is 304 g/mol. The number of hydrogen-bond acceptors (Lipinski definition) is 2. The van der Waals surface area contributed by atoms with E-state index in [1.54, 1.807) is 0 Å². The van der Waals surface area contributed by atoms with Crippen LogP contribution in [0.4, 0.5) is 0 Å². The number of aromatic nitrogens is 1. The second-order valence-corrected chi connectivity index (χ2v) is 5.40. The van der Waals surface area contributed by atoms with Gasteiger partial charge in [0, 0.05) is 23.3 Å². The molecule has 0 aliphatic heterocycles. The van der Waals surface area contributed by atoms with Gasteiger partial charge in [-0.1, -0.05) is 29.8 Å². The molecule has 1 aromatic carbocycles. The number of nitrogens with one attached hydrogen (secondary N) is 1. The molecule has 0 bridgehead atoms. The average molecular weight is 305 g/mol. The van der Waals surface area contributed by atoms with E-state index in [-0.39, 0.29) is 0 Å². The molecule has 0 saturated heterocycles. The second kappa shape index (κ2) is 6.12. The van der Waals surface area contributed by atoms with Crippen molar-refractivity contribution in [2.45, 2.75) is 26.4 Å². The Hall–Kier alpha value is -1.19. The topological polar surface area (TPSA) is 24.9 Å². The number of nitrogens with zero attached hydrogens (tertiary/aromatic N) is 1. The molecule has 0 aliphatic carbocycles. The maximum atomic E-state index is 4.35. The van der Waals surface area contributed by atoms with Gasteiger partial charge in [-0.25, -0.2) is 0 Å². The molecule has 18 heavy (non-hydrogen) atoms. The zero-order valence-electron chi connectivity index (χ0n) is 10.7. The van der Waals surface area contributed by atoms with E-state index in [4.69, 9.17) is 0 Å². The van der Waals surface area contributed by atoms with Crippen molar-refractivity contribution in [2.24, 2.45) is 0 Å². The van der Waals surface area contributed by atoms with Crippen LogP contribution in [0.3, 0.4) is 0 Å². The van der Waals surface area contributed by atoms with E-state index in [2.05, 4.69) is 64.3 Å². The lowest BCUT2D eigenvalue weighted by molar-refractivity contribution is 0.567. The van der Waals surface area contributed by atoms with E-state index in [0.29, 0.717) is 6.04 Å². The zero-order valence-corrected chi connectivity index (χ0v) is 12.2. The molecular weight excluding hydrogens is 288 g/mol. The van der Waals surface area contributed by atoms with Gasteiger partial charge < -0.3 is 5.32 Å². The Morgan fingerprint density at radius 3 is 2.50 bits per heavy atom. The molecule has 2 aromatic rings. The summed E-state index contributed by atoms with van der Waals surface area (Å²) < 4.78 is 1.01. The molecule has 2 nitrogen and oxygen atoms in total. The van der Waals surface area contributed by atoms with E-state index >= 15 is 0 Å². The van der Waals surface area contributed by atoms with Crippen molar-refractivity contribution in [1.29, 1.82) is 0 Å². The predicted molar refractivity (Wildman–Crippen MR) is 78.4 cm³/mol. The first kappa shape index (κ1) is 13.2. The molecule has 2 rings (SSSR count). The van der Waals surface area contributed by atoms with Crippen LogP contribution < -0.4 is 5.32 Å². The van der Waals surface area contributed by atoms with Crippen LogP contribution in [0.15, 0.2) is 47.1 Å².